The largest absolute Gasteiger partial charge is 0.491 e. The Hall–Kier alpha value is -3.14. The minimum absolute atomic E-state index is 0.0418. The molecule has 1 fully saturated rings. The third kappa shape index (κ3) is 6.28. The van der Waals surface area contributed by atoms with E-state index in [2.05, 4.69) is 14.4 Å². The number of aromatic nitrogens is 2. The number of rotatable bonds is 8. The lowest BCUT2D eigenvalue weighted by atomic mass is 10.2. The summed E-state index contributed by atoms with van der Waals surface area (Å²) in [6.07, 6.45) is -4.45. The fourth-order valence-corrected chi connectivity index (χ4v) is 4.81. The molecule has 0 radical (unpaired) electrons. The summed E-state index contributed by atoms with van der Waals surface area (Å²) in [6.45, 7) is 5.37. The number of alkyl halides is 3. The molecule has 0 aliphatic carbocycles. The van der Waals surface area contributed by atoms with Crippen LogP contribution in [0.25, 0.3) is 11.0 Å². The maximum atomic E-state index is 13.4. The zero-order valence-electron chi connectivity index (χ0n) is 20.6. The standard InChI is InChI=1S/C28H27ClF4N4O/c29-23-10-7-21(28(31,32)33)17-26(23)38-16-15-35-11-13-36(14-12-35)19-27-34-24-3-1-2-4-25(24)37(27)18-20-5-8-22(30)9-6-20/h1-10,17H,11-16,18-19H2. The van der Waals surface area contributed by atoms with Gasteiger partial charge in [0.2, 0.25) is 0 Å². The first-order valence-corrected chi connectivity index (χ1v) is 12.8. The average molecular weight is 547 g/mol. The number of benzene rings is 3. The van der Waals surface area contributed by atoms with Crippen LogP contribution in [0.2, 0.25) is 5.02 Å². The molecule has 1 aliphatic rings. The van der Waals surface area contributed by atoms with Gasteiger partial charge in [0.1, 0.15) is 24.0 Å². The van der Waals surface area contributed by atoms with Crippen molar-refractivity contribution in [3.05, 3.63) is 94.5 Å². The van der Waals surface area contributed by atoms with Crippen LogP contribution in [-0.4, -0.2) is 58.7 Å². The Morgan fingerprint density at radius 2 is 1.58 bits per heavy atom. The van der Waals surface area contributed by atoms with E-state index in [9.17, 15) is 17.6 Å². The Kier molecular flexibility index (Phi) is 7.88. The van der Waals surface area contributed by atoms with Gasteiger partial charge in [-0.3, -0.25) is 9.80 Å². The van der Waals surface area contributed by atoms with Gasteiger partial charge in [-0.15, -0.1) is 0 Å². The first-order chi connectivity index (χ1) is 18.3. The molecule has 0 N–H and O–H groups in total. The smallest absolute Gasteiger partial charge is 0.416 e. The molecule has 0 unspecified atom stereocenters. The van der Waals surface area contributed by atoms with E-state index < -0.39 is 11.7 Å². The van der Waals surface area contributed by atoms with Gasteiger partial charge in [0.25, 0.3) is 0 Å². The van der Waals surface area contributed by atoms with E-state index in [1.165, 1.54) is 18.2 Å². The van der Waals surface area contributed by atoms with Crippen molar-refractivity contribution < 1.29 is 22.3 Å². The van der Waals surface area contributed by atoms with E-state index in [4.69, 9.17) is 21.3 Å². The first kappa shape index (κ1) is 26.5. The Balaban J connectivity index is 1.17. The molecule has 5 rings (SSSR count). The van der Waals surface area contributed by atoms with Crippen molar-refractivity contribution in [3.8, 4) is 5.75 Å². The summed E-state index contributed by atoms with van der Waals surface area (Å²) >= 11 is 6.03. The predicted molar refractivity (Wildman–Crippen MR) is 139 cm³/mol. The lowest BCUT2D eigenvalue weighted by molar-refractivity contribution is -0.137. The van der Waals surface area contributed by atoms with Gasteiger partial charge in [0, 0.05) is 39.3 Å². The molecule has 2 heterocycles. The van der Waals surface area contributed by atoms with Crippen molar-refractivity contribution in [1.82, 2.24) is 19.4 Å². The molecule has 5 nitrogen and oxygen atoms in total. The summed E-state index contributed by atoms with van der Waals surface area (Å²) in [4.78, 5) is 9.43. The number of hydrogen-bond donors (Lipinski definition) is 0. The predicted octanol–water partition coefficient (Wildman–Crippen LogP) is 6.09. The monoisotopic (exact) mass is 546 g/mol. The van der Waals surface area contributed by atoms with Crippen LogP contribution in [0.15, 0.2) is 66.7 Å². The van der Waals surface area contributed by atoms with E-state index in [0.717, 1.165) is 60.7 Å². The number of imidazole rings is 1. The molecular formula is C28H27ClF4N4O. The summed E-state index contributed by atoms with van der Waals surface area (Å²) in [5.74, 6) is 0.734. The summed E-state index contributed by atoms with van der Waals surface area (Å²) in [5.41, 5.74) is 2.18. The van der Waals surface area contributed by atoms with Crippen LogP contribution in [0.1, 0.15) is 17.0 Å². The Bertz CT molecular complexity index is 1380. The van der Waals surface area contributed by atoms with Crippen molar-refractivity contribution in [2.24, 2.45) is 0 Å². The van der Waals surface area contributed by atoms with Crippen LogP contribution < -0.4 is 4.74 Å². The van der Waals surface area contributed by atoms with Gasteiger partial charge in [0.05, 0.1) is 28.2 Å². The summed E-state index contributed by atoms with van der Waals surface area (Å²) < 4.78 is 60.1. The summed E-state index contributed by atoms with van der Waals surface area (Å²) in [6, 6.07) is 17.6. The molecular weight excluding hydrogens is 520 g/mol. The first-order valence-electron chi connectivity index (χ1n) is 12.4. The number of halogens is 5. The van der Waals surface area contributed by atoms with Gasteiger partial charge in [0.15, 0.2) is 0 Å². The number of ether oxygens (including phenoxy) is 1. The molecule has 3 aromatic carbocycles. The zero-order chi connectivity index (χ0) is 26.7. The molecule has 200 valence electrons. The number of para-hydroxylation sites is 2. The highest BCUT2D eigenvalue weighted by Crippen LogP contribution is 2.35. The number of fused-ring (bicyclic) bond motifs is 1. The second kappa shape index (κ2) is 11.3. The van der Waals surface area contributed by atoms with Gasteiger partial charge in [-0.1, -0.05) is 35.9 Å². The average Bonchev–Trinajstić information content (AvgIpc) is 3.23. The summed E-state index contributed by atoms with van der Waals surface area (Å²) in [7, 11) is 0. The van der Waals surface area contributed by atoms with E-state index in [1.54, 1.807) is 12.1 Å². The Labute approximate surface area is 223 Å². The molecule has 0 amide bonds. The van der Waals surface area contributed by atoms with E-state index >= 15 is 0 Å². The minimum atomic E-state index is -4.45. The Morgan fingerprint density at radius 3 is 2.32 bits per heavy atom. The third-order valence-corrected chi connectivity index (χ3v) is 7.05. The van der Waals surface area contributed by atoms with E-state index in [1.807, 2.05) is 24.3 Å². The molecule has 0 saturated carbocycles. The second-order valence-corrected chi connectivity index (χ2v) is 9.75. The van der Waals surface area contributed by atoms with Crippen LogP contribution in [-0.2, 0) is 19.3 Å². The highest BCUT2D eigenvalue weighted by Gasteiger charge is 2.31. The number of nitrogens with zero attached hydrogens (tertiary/aromatic N) is 4. The van der Waals surface area contributed by atoms with Crippen molar-refractivity contribution in [3.63, 3.8) is 0 Å². The second-order valence-electron chi connectivity index (χ2n) is 9.34. The molecule has 0 atom stereocenters. The lowest BCUT2D eigenvalue weighted by Crippen LogP contribution is -2.47. The highest BCUT2D eigenvalue weighted by atomic mass is 35.5. The molecule has 4 aromatic rings. The number of piperazine rings is 1. The van der Waals surface area contributed by atoms with E-state index in [0.29, 0.717) is 19.6 Å². The van der Waals surface area contributed by atoms with Crippen molar-refractivity contribution in [2.75, 3.05) is 39.3 Å². The van der Waals surface area contributed by atoms with Crippen LogP contribution in [0.5, 0.6) is 5.75 Å². The van der Waals surface area contributed by atoms with Crippen LogP contribution in [0.3, 0.4) is 0 Å². The fourth-order valence-electron chi connectivity index (χ4n) is 4.64. The molecule has 0 spiro atoms. The van der Waals surface area contributed by atoms with Crippen LogP contribution in [0.4, 0.5) is 17.6 Å². The molecule has 1 aliphatic heterocycles. The van der Waals surface area contributed by atoms with Crippen LogP contribution >= 0.6 is 11.6 Å². The van der Waals surface area contributed by atoms with E-state index in [-0.39, 0.29) is 23.2 Å². The highest BCUT2D eigenvalue weighted by molar-refractivity contribution is 6.32. The van der Waals surface area contributed by atoms with Crippen molar-refractivity contribution in [1.29, 1.82) is 0 Å². The maximum absolute atomic E-state index is 13.4. The van der Waals surface area contributed by atoms with Gasteiger partial charge in [-0.2, -0.15) is 13.2 Å². The molecule has 1 aromatic heterocycles. The summed E-state index contributed by atoms with van der Waals surface area (Å²) in [5, 5.41) is 0.159. The minimum Gasteiger partial charge on any atom is -0.491 e. The lowest BCUT2D eigenvalue weighted by Gasteiger charge is -2.34. The zero-order valence-corrected chi connectivity index (χ0v) is 21.4. The molecule has 1 saturated heterocycles. The van der Waals surface area contributed by atoms with Crippen LogP contribution in [0, 0.1) is 5.82 Å². The number of hydrogen-bond acceptors (Lipinski definition) is 4. The molecule has 10 heteroatoms. The molecule has 38 heavy (non-hydrogen) atoms. The quantitative estimate of drug-likeness (QED) is 0.250. The van der Waals surface area contributed by atoms with Gasteiger partial charge in [-0.25, -0.2) is 9.37 Å². The maximum Gasteiger partial charge on any atom is 0.416 e. The van der Waals surface area contributed by atoms with Gasteiger partial charge in [-0.05, 0) is 48.0 Å². The Morgan fingerprint density at radius 1 is 0.868 bits per heavy atom. The molecule has 0 bridgehead atoms. The van der Waals surface area contributed by atoms with Gasteiger partial charge >= 0.3 is 6.18 Å². The SMILES string of the molecule is Fc1ccc(Cn2c(CN3CCN(CCOc4cc(C(F)(F)F)ccc4Cl)CC3)nc3ccccc32)cc1. The van der Waals surface area contributed by atoms with Crippen molar-refractivity contribution >= 4 is 22.6 Å². The van der Waals surface area contributed by atoms with Gasteiger partial charge < -0.3 is 9.30 Å². The topological polar surface area (TPSA) is 33.5 Å². The fraction of sp³-hybridized carbons (Fsp3) is 0.321. The normalized spacial score (nSPS) is 15.3. The third-order valence-electron chi connectivity index (χ3n) is 6.74. The van der Waals surface area contributed by atoms with Crippen molar-refractivity contribution in [2.45, 2.75) is 19.3 Å².